The zero-order valence-corrected chi connectivity index (χ0v) is 18.1. The number of hydrogen-bond acceptors (Lipinski definition) is 5. The van der Waals surface area contributed by atoms with E-state index >= 15 is 0 Å². The predicted octanol–water partition coefficient (Wildman–Crippen LogP) is 2.63. The summed E-state index contributed by atoms with van der Waals surface area (Å²) in [5.74, 6) is 1.56. The lowest BCUT2D eigenvalue weighted by molar-refractivity contribution is -0.121. The van der Waals surface area contributed by atoms with Gasteiger partial charge in [0.05, 0.1) is 5.52 Å². The number of rotatable bonds is 7. The molecule has 4 heterocycles. The molecule has 1 fully saturated rings. The number of likely N-dealkylation sites (tertiary alicyclic amines) is 1. The normalized spacial score (nSPS) is 17.8. The lowest BCUT2D eigenvalue weighted by atomic mass is 10.0. The summed E-state index contributed by atoms with van der Waals surface area (Å²) >= 11 is 0. The summed E-state index contributed by atoms with van der Waals surface area (Å²) in [5.41, 5.74) is 1.94. The number of furan rings is 1. The molecule has 8 heteroatoms. The third-order valence-corrected chi connectivity index (χ3v) is 6.09. The Balaban J connectivity index is 1.32. The van der Waals surface area contributed by atoms with Gasteiger partial charge in [0.2, 0.25) is 5.91 Å². The molecule has 1 saturated heterocycles. The van der Waals surface area contributed by atoms with Crippen LogP contribution in [0, 0.1) is 13.8 Å². The quantitative estimate of drug-likeness (QED) is 0.644. The van der Waals surface area contributed by atoms with Crippen LogP contribution in [0.3, 0.4) is 0 Å². The van der Waals surface area contributed by atoms with E-state index in [1.54, 1.807) is 6.07 Å². The fraction of sp³-hybridized carbons (Fsp3) is 0.591. The van der Waals surface area contributed by atoms with Gasteiger partial charge in [-0.25, -0.2) is 4.68 Å². The van der Waals surface area contributed by atoms with Gasteiger partial charge in [0, 0.05) is 44.2 Å². The molecule has 4 rings (SSSR count). The van der Waals surface area contributed by atoms with Gasteiger partial charge in [0.15, 0.2) is 5.58 Å². The van der Waals surface area contributed by atoms with E-state index in [0.29, 0.717) is 43.1 Å². The number of piperidine rings is 1. The fourth-order valence-electron chi connectivity index (χ4n) is 4.48. The van der Waals surface area contributed by atoms with E-state index in [2.05, 4.69) is 22.2 Å². The molecule has 1 amide bonds. The Hall–Kier alpha value is -2.61. The molecule has 0 aromatic carbocycles. The van der Waals surface area contributed by atoms with Crippen LogP contribution in [-0.2, 0) is 11.3 Å². The average molecular weight is 414 g/mol. The summed E-state index contributed by atoms with van der Waals surface area (Å²) in [7, 11) is 0. The van der Waals surface area contributed by atoms with Gasteiger partial charge in [0.1, 0.15) is 17.1 Å². The highest BCUT2D eigenvalue weighted by molar-refractivity contribution is 5.83. The van der Waals surface area contributed by atoms with Gasteiger partial charge in [0.25, 0.3) is 5.56 Å². The van der Waals surface area contributed by atoms with Crippen LogP contribution in [0.5, 0.6) is 0 Å². The van der Waals surface area contributed by atoms with E-state index in [-0.39, 0.29) is 11.5 Å². The molecule has 1 atom stereocenters. The van der Waals surface area contributed by atoms with Crippen LogP contribution in [0.1, 0.15) is 50.6 Å². The number of nitrogens with zero attached hydrogens (tertiary/aromatic N) is 4. The Labute approximate surface area is 175 Å². The highest BCUT2D eigenvalue weighted by Crippen LogP contribution is 2.22. The molecule has 0 unspecified atom stereocenters. The molecule has 3 aromatic rings. The molecule has 1 aliphatic heterocycles. The maximum Gasteiger partial charge on any atom is 0.291 e. The predicted molar refractivity (Wildman–Crippen MR) is 116 cm³/mol. The highest BCUT2D eigenvalue weighted by Gasteiger charge is 2.18. The number of hydrogen-bond donors (Lipinski definition) is 1. The first kappa shape index (κ1) is 20.7. The van der Waals surface area contributed by atoms with Gasteiger partial charge in [-0.1, -0.05) is 6.42 Å². The number of aromatic nitrogens is 3. The molecule has 8 nitrogen and oxygen atoms in total. The second-order valence-corrected chi connectivity index (χ2v) is 8.38. The van der Waals surface area contributed by atoms with Gasteiger partial charge >= 0.3 is 0 Å². The third kappa shape index (κ3) is 4.14. The van der Waals surface area contributed by atoms with E-state index in [1.165, 1.54) is 23.9 Å². The van der Waals surface area contributed by atoms with Gasteiger partial charge in [-0.2, -0.15) is 5.10 Å². The Bertz CT molecular complexity index is 1110. The van der Waals surface area contributed by atoms with Crippen molar-refractivity contribution in [2.45, 2.75) is 65.5 Å². The van der Waals surface area contributed by atoms with Crippen molar-refractivity contribution in [2.75, 3.05) is 19.6 Å². The molecule has 1 aliphatic rings. The van der Waals surface area contributed by atoms with E-state index in [1.807, 2.05) is 24.3 Å². The SMILES string of the molecule is Cc1cc2c(cc3c(=O)n(CCCC(=O)NCCN4CCCC[C@H]4C)nc(C)n32)o1. The molecule has 0 aliphatic carbocycles. The minimum Gasteiger partial charge on any atom is -0.460 e. The zero-order valence-electron chi connectivity index (χ0n) is 18.1. The summed E-state index contributed by atoms with van der Waals surface area (Å²) in [6, 6.07) is 4.28. The monoisotopic (exact) mass is 413 g/mol. The van der Waals surface area contributed by atoms with Crippen LogP contribution in [0.2, 0.25) is 0 Å². The number of carbonyl (C=O) groups is 1. The summed E-state index contributed by atoms with van der Waals surface area (Å²) in [5, 5.41) is 7.46. The van der Waals surface area contributed by atoms with Crippen molar-refractivity contribution in [3.8, 4) is 0 Å². The van der Waals surface area contributed by atoms with E-state index in [4.69, 9.17) is 4.42 Å². The molecule has 0 spiro atoms. The van der Waals surface area contributed by atoms with Crippen LogP contribution in [0.15, 0.2) is 21.3 Å². The number of amides is 1. The van der Waals surface area contributed by atoms with Crippen LogP contribution in [-0.4, -0.2) is 50.7 Å². The third-order valence-electron chi connectivity index (χ3n) is 6.09. The first-order valence-corrected chi connectivity index (χ1v) is 10.9. The van der Waals surface area contributed by atoms with Crippen molar-refractivity contribution < 1.29 is 9.21 Å². The standard InChI is InChI=1S/C22H31N5O3/c1-15-7-4-5-10-25(15)12-9-23-21(28)8-6-11-26-22(29)19-14-20-18(13-16(2)30-20)27(19)17(3)24-26/h13-15H,4-12H2,1-3H3,(H,23,28)/t15-/m1/s1. The van der Waals surface area contributed by atoms with Gasteiger partial charge < -0.3 is 9.73 Å². The average Bonchev–Trinajstić information content (AvgIpc) is 3.23. The summed E-state index contributed by atoms with van der Waals surface area (Å²) < 4.78 is 8.94. The second kappa shape index (κ2) is 8.63. The van der Waals surface area contributed by atoms with Crippen molar-refractivity contribution in [3.05, 3.63) is 34.1 Å². The summed E-state index contributed by atoms with van der Waals surface area (Å²) in [6.45, 7) is 9.13. The molecule has 0 saturated carbocycles. The van der Waals surface area contributed by atoms with E-state index in [9.17, 15) is 9.59 Å². The van der Waals surface area contributed by atoms with E-state index < -0.39 is 0 Å². The maximum absolute atomic E-state index is 12.8. The van der Waals surface area contributed by atoms with Crippen LogP contribution < -0.4 is 10.9 Å². The molecule has 0 bridgehead atoms. The summed E-state index contributed by atoms with van der Waals surface area (Å²) in [6.07, 6.45) is 4.75. The highest BCUT2D eigenvalue weighted by atomic mass is 16.3. The topological polar surface area (TPSA) is 84.8 Å². The Kier molecular flexibility index (Phi) is 5.94. The maximum atomic E-state index is 12.8. The minimum atomic E-state index is -0.163. The van der Waals surface area contributed by atoms with Crippen molar-refractivity contribution in [1.82, 2.24) is 24.4 Å². The van der Waals surface area contributed by atoms with Crippen LogP contribution in [0.4, 0.5) is 0 Å². The second-order valence-electron chi connectivity index (χ2n) is 8.38. The Morgan fingerprint density at radius 3 is 2.87 bits per heavy atom. The van der Waals surface area contributed by atoms with Gasteiger partial charge in [-0.3, -0.25) is 18.9 Å². The van der Waals surface area contributed by atoms with Gasteiger partial charge in [-0.15, -0.1) is 0 Å². The smallest absolute Gasteiger partial charge is 0.291 e. The number of fused-ring (bicyclic) bond motifs is 3. The molecule has 30 heavy (non-hydrogen) atoms. The van der Waals surface area contributed by atoms with Crippen LogP contribution >= 0.6 is 0 Å². The Morgan fingerprint density at radius 1 is 1.23 bits per heavy atom. The number of nitrogens with one attached hydrogen (secondary N) is 1. The molecule has 1 N–H and O–H groups in total. The summed E-state index contributed by atoms with van der Waals surface area (Å²) in [4.78, 5) is 27.4. The zero-order chi connectivity index (χ0) is 21.3. The number of aryl methyl sites for hydroxylation is 3. The fourth-order valence-corrected chi connectivity index (χ4v) is 4.48. The largest absolute Gasteiger partial charge is 0.460 e. The van der Waals surface area contributed by atoms with Crippen LogP contribution in [0.25, 0.3) is 16.6 Å². The molecular weight excluding hydrogens is 382 g/mol. The first-order chi connectivity index (χ1) is 14.4. The number of carbonyl (C=O) groups excluding carboxylic acids is 1. The molecule has 162 valence electrons. The minimum absolute atomic E-state index is 0.0289. The van der Waals surface area contributed by atoms with E-state index in [0.717, 1.165) is 30.2 Å². The first-order valence-electron chi connectivity index (χ1n) is 10.9. The lowest BCUT2D eigenvalue weighted by Crippen LogP contribution is -2.42. The van der Waals surface area contributed by atoms with Crippen molar-refractivity contribution in [3.63, 3.8) is 0 Å². The van der Waals surface area contributed by atoms with Crippen molar-refractivity contribution in [2.24, 2.45) is 0 Å². The van der Waals surface area contributed by atoms with Crippen molar-refractivity contribution >= 4 is 22.5 Å². The Morgan fingerprint density at radius 2 is 2.07 bits per heavy atom. The lowest BCUT2D eigenvalue weighted by Gasteiger charge is -2.33. The molecule has 0 radical (unpaired) electrons. The van der Waals surface area contributed by atoms with Crippen molar-refractivity contribution in [1.29, 1.82) is 0 Å². The molecular formula is C22H31N5O3. The van der Waals surface area contributed by atoms with Gasteiger partial charge in [-0.05, 0) is 46.6 Å². The molecule has 3 aromatic heterocycles.